The molecule has 0 amide bonds. The average molecular weight is 508 g/mol. The van der Waals surface area contributed by atoms with Crippen LogP contribution in [0.4, 0.5) is 18.9 Å². The van der Waals surface area contributed by atoms with Gasteiger partial charge in [-0.1, -0.05) is 18.6 Å². The van der Waals surface area contributed by atoms with Gasteiger partial charge in [0.1, 0.15) is 22.3 Å². The third-order valence-corrected chi connectivity index (χ3v) is 9.07. The van der Waals surface area contributed by atoms with Gasteiger partial charge in [-0.3, -0.25) is 4.90 Å². The normalized spacial score (nSPS) is 17.4. The molecule has 0 unspecified atom stereocenters. The Morgan fingerprint density at radius 3 is 2.44 bits per heavy atom. The molecule has 3 aromatic rings. The van der Waals surface area contributed by atoms with Crippen molar-refractivity contribution in [3.8, 4) is 0 Å². The SMILES string of the molecule is O=S(=O)(Cc1cscn1)c1c(F)cc(NCc2c(F)cccc2CN2CC3(CCC3)C2)cc1F. The fourth-order valence-corrected chi connectivity index (χ4v) is 6.99. The molecule has 1 N–H and O–H groups in total. The van der Waals surface area contributed by atoms with Gasteiger partial charge in [0.2, 0.25) is 0 Å². The predicted molar refractivity (Wildman–Crippen MR) is 125 cm³/mol. The summed E-state index contributed by atoms with van der Waals surface area (Å²) >= 11 is 1.20. The van der Waals surface area contributed by atoms with Gasteiger partial charge in [-0.15, -0.1) is 11.3 Å². The molecule has 1 spiro atoms. The van der Waals surface area contributed by atoms with E-state index in [0.717, 1.165) is 30.8 Å². The Hall–Kier alpha value is -2.43. The number of hydrogen-bond donors (Lipinski definition) is 1. The summed E-state index contributed by atoms with van der Waals surface area (Å²) in [6.07, 6.45) is 3.79. The number of halogens is 3. The number of benzene rings is 2. The van der Waals surface area contributed by atoms with Crippen molar-refractivity contribution in [1.82, 2.24) is 9.88 Å². The van der Waals surface area contributed by atoms with Crippen molar-refractivity contribution in [2.75, 3.05) is 18.4 Å². The van der Waals surface area contributed by atoms with E-state index in [0.29, 0.717) is 17.5 Å². The van der Waals surface area contributed by atoms with E-state index in [9.17, 15) is 21.6 Å². The molecule has 10 heteroatoms. The second kappa shape index (κ2) is 8.98. The van der Waals surface area contributed by atoms with E-state index in [-0.39, 0.29) is 17.9 Å². The second-order valence-electron chi connectivity index (χ2n) is 9.24. The zero-order valence-corrected chi connectivity index (χ0v) is 20.0. The predicted octanol–water partition coefficient (Wildman–Crippen LogP) is 5.13. The summed E-state index contributed by atoms with van der Waals surface area (Å²) in [5, 5.41) is 4.37. The highest BCUT2D eigenvalue weighted by atomic mass is 32.2. The van der Waals surface area contributed by atoms with Crippen LogP contribution in [0.25, 0.3) is 0 Å². The molecule has 180 valence electrons. The number of nitrogens with one attached hydrogen (secondary N) is 1. The third kappa shape index (κ3) is 4.58. The van der Waals surface area contributed by atoms with Gasteiger partial charge in [-0.25, -0.2) is 26.6 Å². The maximum absolute atomic E-state index is 14.7. The molecule has 5 nitrogen and oxygen atoms in total. The third-order valence-electron chi connectivity index (χ3n) is 6.74. The van der Waals surface area contributed by atoms with Crippen molar-refractivity contribution < 1.29 is 21.6 Å². The number of sulfone groups is 1. The standard InChI is InChI=1S/C24H24F3N3O2S2/c25-20-4-1-3-16(10-30-13-24(14-30)5-2-6-24)19(20)9-28-17-7-21(26)23(22(27)8-17)34(31,32)12-18-11-33-15-29-18/h1,3-4,7-8,11,15,28H,2,5-6,9-10,12-14H2. The zero-order chi connectivity index (χ0) is 23.9. The lowest BCUT2D eigenvalue weighted by Crippen LogP contribution is -2.59. The largest absolute Gasteiger partial charge is 0.381 e. The fraction of sp³-hybridized carbons (Fsp3) is 0.375. The molecular weight excluding hydrogens is 483 g/mol. The van der Waals surface area contributed by atoms with E-state index in [2.05, 4.69) is 15.2 Å². The fourth-order valence-electron chi connectivity index (χ4n) is 4.92. The highest BCUT2D eigenvalue weighted by Crippen LogP contribution is 2.48. The molecule has 1 aliphatic carbocycles. The number of rotatable bonds is 8. The average Bonchev–Trinajstić information content (AvgIpc) is 3.19. The highest BCUT2D eigenvalue weighted by molar-refractivity contribution is 7.90. The van der Waals surface area contributed by atoms with Crippen molar-refractivity contribution in [2.45, 2.75) is 43.0 Å². The smallest absolute Gasteiger partial charge is 0.189 e. The summed E-state index contributed by atoms with van der Waals surface area (Å²) in [6, 6.07) is 6.73. The van der Waals surface area contributed by atoms with Crippen LogP contribution >= 0.6 is 11.3 Å². The molecule has 1 saturated heterocycles. The summed E-state index contributed by atoms with van der Waals surface area (Å²) in [4.78, 5) is 5.18. The number of nitrogens with zero attached hydrogens (tertiary/aromatic N) is 2. The van der Waals surface area contributed by atoms with Gasteiger partial charge in [0.15, 0.2) is 9.84 Å². The van der Waals surface area contributed by atoms with Crippen molar-refractivity contribution >= 4 is 26.9 Å². The number of thiazole rings is 1. The van der Waals surface area contributed by atoms with Crippen LogP contribution in [-0.4, -0.2) is 31.4 Å². The van der Waals surface area contributed by atoms with Crippen molar-refractivity contribution in [1.29, 1.82) is 0 Å². The number of anilines is 1. The molecular formula is C24H24F3N3O2S2. The van der Waals surface area contributed by atoms with Gasteiger partial charge in [0.25, 0.3) is 0 Å². The van der Waals surface area contributed by atoms with Gasteiger partial charge >= 0.3 is 0 Å². The van der Waals surface area contributed by atoms with E-state index >= 15 is 0 Å². The molecule has 2 aliphatic rings. The number of likely N-dealkylation sites (tertiary alicyclic amines) is 1. The first kappa shape index (κ1) is 23.3. The first-order valence-electron chi connectivity index (χ1n) is 11.1. The quantitative estimate of drug-likeness (QED) is 0.458. The molecule has 2 heterocycles. The van der Waals surface area contributed by atoms with E-state index in [1.54, 1.807) is 6.07 Å². The maximum atomic E-state index is 14.7. The minimum Gasteiger partial charge on any atom is -0.381 e. The lowest BCUT2D eigenvalue weighted by atomic mass is 9.63. The lowest BCUT2D eigenvalue weighted by Gasteiger charge is -2.56. The monoisotopic (exact) mass is 507 g/mol. The molecule has 34 heavy (non-hydrogen) atoms. The zero-order valence-electron chi connectivity index (χ0n) is 18.4. The molecule has 1 aliphatic heterocycles. The van der Waals surface area contributed by atoms with Crippen LogP contribution in [0.15, 0.2) is 46.1 Å². The van der Waals surface area contributed by atoms with Gasteiger partial charge in [-0.2, -0.15) is 0 Å². The summed E-state index contributed by atoms with van der Waals surface area (Å²) in [7, 11) is -4.26. The number of hydrogen-bond acceptors (Lipinski definition) is 6. The topological polar surface area (TPSA) is 62.3 Å². The Morgan fingerprint density at radius 1 is 1.09 bits per heavy atom. The Labute approximate surface area is 200 Å². The van der Waals surface area contributed by atoms with E-state index in [4.69, 9.17) is 0 Å². The molecule has 5 rings (SSSR count). The minimum absolute atomic E-state index is 0.0186. The Kier molecular flexibility index (Phi) is 6.16. The Balaban J connectivity index is 1.30. The van der Waals surface area contributed by atoms with Crippen LogP contribution in [0.2, 0.25) is 0 Å². The summed E-state index contributed by atoms with van der Waals surface area (Å²) < 4.78 is 69.1. The molecule has 2 aromatic carbocycles. The molecule has 2 fully saturated rings. The Morgan fingerprint density at radius 2 is 1.82 bits per heavy atom. The van der Waals surface area contributed by atoms with Gasteiger partial charge in [0.05, 0.1) is 17.0 Å². The van der Waals surface area contributed by atoms with E-state index < -0.39 is 37.9 Å². The summed E-state index contributed by atoms with van der Waals surface area (Å²) in [6.45, 7) is 2.67. The van der Waals surface area contributed by atoms with E-state index in [1.165, 1.54) is 47.6 Å². The van der Waals surface area contributed by atoms with E-state index in [1.807, 2.05) is 6.07 Å². The highest BCUT2D eigenvalue weighted by Gasteiger charge is 2.46. The van der Waals surface area contributed by atoms with Gasteiger partial charge < -0.3 is 5.32 Å². The van der Waals surface area contributed by atoms with Gasteiger partial charge in [-0.05, 0) is 42.0 Å². The van der Waals surface area contributed by atoms with Crippen molar-refractivity contribution in [2.24, 2.45) is 5.41 Å². The molecule has 1 aromatic heterocycles. The Bertz CT molecular complexity index is 1280. The molecule has 0 bridgehead atoms. The second-order valence-corrected chi connectivity index (χ2v) is 11.9. The molecule has 1 saturated carbocycles. The van der Waals surface area contributed by atoms with Crippen LogP contribution in [0.3, 0.4) is 0 Å². The summed E-state index contributed by atoms with van der Waals surface area (Å²) in [5.74, 6) is -3.38. The first-order chi connectivity index (χ1) is 16.2. The van der Waals surface area contributed by atoms with Crippen LogP contribution in [-0.2, 0) is 28.7 Å². The van der Waals surface area contributed by atoms with Crippen molar-refractivity contribution in [3.63, 3.8) is 0 Å². The van der Waals surface area contributed by atoms with Crippen LogP contribution in [0.1, 0.15) is 36.1 Å². The first-order valence-corrected chi connectivity index (χ1v) is 13.7. The number of aromatic nitrogens is 1. The molecule has 0 atom stereocenters. The lowest BCUT2D eigenvalue weighted by molar-refractivity contribution is -0.0646. The van der Waals surface area contributed by atoms with Crippen LogP contribution in [0, 0.1) is 22.9 Å². The minimum atomic E-state index is -4.26. The van der Waals surface area contributed by atoms with Crippen LogP contribution in [0.5, 0.6) is 0 Å². The van der Waals surface area contributed by atoms with Gasteiger partial charge in [0, 0.05) is 42.8 Å². The van der Waals surface area contributed by atoms with Crippen molar-refractivity contribution in [3.05, 3.63) is 75.5 Å². The summed E-state index contributed by atoms with van der Waals surface area (Å²) in [5.41, 5.74) is 3.43. The molecule has 0 radical (unpaired) electrons. The van der Waals surface area contributed by atoms with Crippen LogP contribution < -0.4 is 5.32 Å². The maximum Gasteiger partial charge on any atom is 0.189 e.